The molecule has 0 N–H and O–H groups in total. The zero-order valence-electron chi connectivity index (χ0n) is 17.7. The molecule has 0 unspecified atom stereocenters. The van der Waals surface area contributed by atoms with Gasteiger partial charge >= 0.3 is 0 Å². The number of benzene rings is 2. The normalized spacial score (nSPS) is 18.9. The molecule has 1 aliphatic rings. The van der Waals surface area contributed by atoms with Crippen LogP contribution >= 0.6 is 0 Å². The Morgan fingerprint density at radius 3 is 2.03 bits per heavy atom. The molecule has 2 aromatic rings. The van der Waals surface area contributed by atoms with Gasteiger partial charge in [-0.3, -0.25) is 0 Å². The molecule has 0 atom stereocenters. The van der Waals surface area contributed by atoms with Gasteiger partial charge in [-0.05, 0) is 86.1 Å². The molecule has 0 radical (unpaired) electrons. The summed E-state index contributed by atoms with van der Waals surface area (Å²) < 4.78 is 28.4. The summed E-state index contributed by atoms with van der Waals surface area (Å²) in [5, 5.41) is 0. The standard InChI is InChI=1S/C27H32F2/c1-3-5-24-18-26(28)25(27(29)19-24)17-16-23-14-12-22(13-15-23)11-10-21-8-6-20(4-2)7-9-21/h6-9,18-19,22-23H,3-5,10-15H2,1-2H3/t22-,23-. The van der Waals surface area contributed by atoms with Gasteiger partial charge in [-0.15, -0.1) is 0 Å². The quantitative estimate of drug-likeness (QED) is 0.452. The van der Waals surface area contributed by atoms with Crippen LogP contribution in [0.25, 0.3) is 0 Å². The van der Waals surface area contributed by atoms with Crippen LogP contribution in [0.5, 0.6) is 0 Å². The van der Waals surface area contributed by atoms with Crippen LogP contribution < -0.4 is 0 Å². The molecule has 0 spiro atoms. The first-order valence-electron chi connectivity index (χ1n) is 11.2. The maximum Gasteiger partial charge on any atom is 0.142 e. The monoisotopic (exact) mass is 394 g/mol. The lowest BCUT2D eigenvalue weighted by Crippen LogP contribution is -2.14. The van der Waals surface area contributed by atoms with Crippen LogP contribution in [0.3, 0.4) is 0 Å². The largest absolute Gasteiger partial charge is 0.206 e. The summed E-state index contributed by atoms with van der Waals surface area (Å²) in [5.41, 5.74) is 3.45. The van der Waals surface area contributed by atoms with E-state index in [1.165, 1.54) is 29.7 Å². The molecule has 0 nitrogen and oxygen atoms in total. The Balaban J connectivity index is 1.50. The highest BCUT2D eigenvalue weighted by atomic mass is 19.1. The van der Waals surface area contributed by atoms with Crippen LogP contribution in [-0.4, -0.2) is 0 Å². The first kappa shape index (κ1) is 21.6. The number of aryl methyl sites for hydroxylation is 3. The van der Waals surface area contributed by atoms with Crippen molar-refractivity contribution in [1.82, 2.24) is 0 Å². The molecular weight excluding hydrogens is 362 g/mol. The predicted octanol–water partition coefficient (Wildman–Crippen LogP) is 7.27. The Morgan fingerprint density at radius 1 is 0.828 bits per heavy atom. The second-order valence-corrected chi connectivity index (χ2v) is 8.38. The third-order valence-electron chi connectivity index (χ3n) is 6.16. The van der Waals surface area contributed by atoms with E-state index in [0.717, 1.165) is 50.9 Å². The highest BCUT2D eigenvalue weighted by molar-refractivity contribution is 5.39. The van der Waals surface area contributed by atoms with E-state index in [1.54, 1.807) is 0 Å². The minimum absolute atomic E-state index is 0.0671. The first-order chi connectivity index (χ1) is 14.1. The van der Waals surface area contributed by atoms with Crippen molar-refractivity contribution in [3.05, 3.63) is 70.3 Å². The maximum atomic E-state index is 14.2. The summed E-state index contributed by atoms with van der Waals surface area (Å²) in [5.74, 6) is 5.89. The van der Waals surface area contributed by atoms with Crippen molar-refractivity contribution >= 4 is 0 Å². The summed E-state index contributed by atoms with van der Waals surface area (Å²) in [4.78, 5) is 0. The SMILES string of the molecule is CCCc1cc(F)c(C#C[C@H]2CC[C@H](CCc3ccc(CC)cc3)CC2)c(F)c1. The average molecular weight is 395 g/mol. The van der Waals surface area contributed by atoms with Gasteiger partial charge in [0.15, 0.2) is 0 Å². The highest BCUT2D eigenvalue weighted by Gasteiger charge is 2.20. The zero-order valence-corrected chi connectivity index (χ0v) is 17.7. The zero-order chi connectivity index (χ0) is 20.6. The Morgan fingerprint density at radius 2 is 1.45 bits per heavy atom. The Kier molecular flexibility index (Phi) is 7.87. The van der Waals surface area contributed by atoms with Crippen molar-refractivity contribution in [3.63, 3.8) is 0 Å². The van der Waals surface area contributed by atoms with Crippen molar-refractivity contribution < 1.29 is 8.78 Å². The van der Waals surface area contributed by atoms with E-state index in [2.05, 4.69) is 43.0 Å². The lowest BCUT2D eigenvalue weighted by atomic mass is 9.79. The Bertz CT molecular complexity index is 823. The molecule has 1 saturated carbocycles. The van der Waals surface area contributed by atoms with E-state index in [1.807, 2.05) is 6.92 Å². The van der Waals surface area contributed by atoms with Crippen molar-refractivity contribution in [3.8, 4) is 11.8 Å². The molecule has 154 valence electrons. The molecule has 0 heterocycles. The minimum atomic E-state index is -0.524. The second-order valence-electron chi connectivity index (χ2n) is 8.38. The summed E-state index contributed by atoms with van der Waals surface area (Å²) >= 11 is 0. The Labute approximate surface area is 174 Å². The summed E-state index contributed by atoms with van der Waals surface area (Å²) in [7, 11) is 0. The fourth-order valence-corrected chi connectivity index (χ4v) is 4.26. The molecule has 1 fully saturated rings. The minimum Gasteiger partial charge on any atom is -0.206 e. The lowest BCUT2D eigenvalue weighted by molar-refractivity contribution is 0.302. The van der Waals surface area contributed by atoms with Gasteiger partial charge in [0.1, 0.15) is 11.6 Å². The molecular formula is C27H32F2. The first-order valence-corrected chi connectivity index (χ1v) is 11.2. The fraction of sp³-hybridized carbons (Fsp3) is 0.481. The summed E-state index contributed by atoms with van der Waals surface area (Å²) in [6, 6.07) is 11.8. The van der Waals surface area contributed by atoms with Gasteiger partial charge < -0.3 is 0 Å². The molecule has 2 heteroatoms. The van der Waals surface area contributed by atoms with Crippen molar-refractivity contribution in [1.29, 1.82) is 0 Å². The smallest absolute Gasteiger partial charge is 0.142 e. The van der Waals surface area contributed by atoms with Crippen molar-refractivity contribution in [2.45, 2.75) is 71.6 Å². The summed E-state index contributed by atoms with van der Waals surface area (Å²) in [6.07, 6.45) is 9.37. The van der Waals surface area contributed by atoms with Gasteiger partial charge in [0.25, 0.3) is 0 Å². The van der Waals surface area contributed by atoms with E-state index >= 15 is 0 Å². The predicted molar refractivity (Wildman–Crippen MR) is 117 cm³/mol. The lowest BCUT2D eigenvalue weighted by Gasteiger charge is -2.25. The van der Waals surface area contributed by atoms with E-state index < -0.39 is 11.6 Å². The third-order valence-corrected chi connectivity index (χ3v) is 6.16. The second kappa shape index (κ2) is 10.6. The van der Waals surface area contributed by atoms with Crippen LogP contribution in [0.2, 0.25) is 0 Å². The van der Waals surface area contributed by atoms with E-state index in [0.29, 0.717) is 12.0 Å². The number of hydrogen-bond acceptors (Lipinski definition) is 0. The van der Waals surface area contributed by atoms with Crippen molar-refractivity contribution in [2.75, 3.05) is 0 Å². The summed E-state index contributed by atoms with van der Waals surface area (Å²) in [6.45, 7) is 4.18. The van der Waals surface area contributed by atoms with Crippen LogP contribution in [-0.2, 0) is 19.3 Å². The molecule has 2 aromatic carbocycles. The van der Waals surface area contributed by atoms with Gasteiger partial charge in [0.05, 0.1) is 5.56 Å². The third kappa shape index (κ3) is 6.17. The van der Waals surface area contributed by atoms with E-state index in [9.17, 15) is 8.78 Å². The van der Waals surface area contributed by atoms with Gasteiger partial charge in [-0.25, -0.2) is 8.78 Å². The highest BCUT2D eigenvalue weighted by Crippen LogP contribution is 2.31. The average Bonchev–Trinajstić information content (AvgIpc) is 2.73. The van der Waals surface area contributed by atoms with Gasteiger partial charge in [0.2, 0.25) is 0 Å². The molecule has 1 aliphatic carbocycles. The fourth-order valence-electron chi connectivity index (χ4n) is 4.26. The number of hydrogen-bond donors (Lipinski definition) is 0. The molecule has 0 saturated heterocycles. The number of halogens is 2. The topological polar surface area (TPSA) is 0 Å². The van der Waals surface area contributed by atoms with Gasteiger partial charge in [0, 0.05) is 5.92 Å². The molecule has 0 bridgehead atoms. The molecule has 29 heavy (non-hydrogen) atoms. The van der Waals surface area contributed by atoms with Crippen LogP contribution in [0.4, 0.5) is 8.78 Å². The number of rotatable bonds is 6. The molecule has 0 aliphatic heterocycles. The van der Waals surface area contributed by atoms with Gasteiger partial charge in [-0.2, -0.15) is 0 Å². The van der Waals surface area contributed by atoms with Crippen LogP contribution in [0.1, 0.15) is 74.6 Å². The molecule has 0 aromatic heterocycles. The van der Waals surface area contributed by atoms with Crippen LogP contribution in [0, 0.1) is 35.3 Å². The molecule has 0 amide bonds. The van der Waals surface area contributed by atoms with Crippen LogP contribution in [0.15, 0.2) is 36.4 Å². The van der Waals surface area contributed by atoms with E-state index in [-0.39, 0.29) is 11.5 Å². The Hall–Kier alpha value is -2.14. The maximum absolute atomic E-state index is 14.2. The van der Waals surface area contributed by atoms with E-state index in [4.69, 9.17) is 0 Å². The van der Waals surface area contributed by atoms with Crippen molar-refractivity contribution in [2.24, 2.45) is 11.8 Å². The molecule has 3 rings (SSSR count). The van der Waals surface area contributed by atoms with Gasteiger partial charge in [-0.1, -0.05) is 56.4 Å².